The van der Waals surface area contributed by atoms with Crippen LogP contribution in [0.5, 0.6) is 5.75 Å². The number of esters is 1. The van der Waals surface area contributed by atoms with Crippen LogP contribution >= 0.6 is 11.3 Å². The maximum Gasteiger partial charge on any atom is 0.309 e. The molecule has 0 amide bonds. The molecule has 0 saturated carbocycles. The molecule has 0 aromatic carbocycles. The van der Waals surface area contributed by atoms with Crippen LogP contribution in [0.15, 0.2) is 24.8 Å². The third-order valence-electron chi connectivity index (χ3n) is 5.19. The summed E-state index contributed by atoms with van der Waals surface area (Å²) in [5, 5.41) is 8.48. The minimum Gasteiger partial charge on any atom is -0.491 e. The van der Waals surface area contributed by atoms with E-state index in [9.17, 15) is 4.79 Å². The highest BCUT2D eigenvalue weighted by Gasteiger charge is 2.29. The van der Waals surface area contributed by atoms with Crippen molar-refractivity contribution in [1.29, 1.82) is 0 Å². The standard InChI is InChI=1S/C19H18N6O3S/c1-27-12-8-25-14(5-6-22-25)23-16(12)24-17-15-11-4-3-10(19(26)28-2)7-13(11)29-18(15)21-9-20-17/h5-6,8-10H,3-4,7H2,1-2H3,(H,20,21,23,24)/t10-/m0/s1. The summed E-state index contributed by atoms with van der Waals surface area (Å²) in [4.78, 5) is 27.5. The van der Waals surface area contributed by atoms with Gasteiger partial charge in [-0.2, -0.15) is 5.10 Å². The molecular weight excluding hydrogens is 392 g/mol. The molecule has 0 bridgehead atoms. The number of nitrogens with zero attached hydrogens (tertiary/aromatic N) is 5. The van der Waals surface area contributed by atoms with Crippen LogP contribution in [0.25, 0.3) is 15.9 Å². The van der Waals surface area contributed by atoms with E-state index in [4.69, 9.17) is 9.47 Å². The van der Waals surface area contributed by atoms with E-state index in [-0.39, 0.29) is 11.9 Å². The Kier molecular flexibility index (Phi) is 4.27. The summed E-state index contributed by atoms with van der Waals surface area (Å²) in [6.07, 6.45) is 7.20. The molecule has 4 aromatic rings. The smallest absolute Gasteiger partial charge is 0.309 e. The van der Waals surface area contributed by atoms with E-state index in [0.717, 1.165) is 27.9 Å². The molecule has 9 nitrogen and oxygen atoms in total. The Morgan fingerprint density at radius 1 is 1.31 bits per heavy atom. The van der Waals surface area contributed by atoms with Gasteiger partial charge in [-0.05, 0) is 24.8 Å². The number of nitrogens with one attached hydrogen (secondary N) is 1. The number of thiophene rings is 1. The van der Waals surface area contributed by atoms with Crippen LogP contribution in [0.3, 0.4) is 0 Å². The van der Waals surface area contributed by atoms with Gasteiger partial charge in [-0.15, -0.1) is 11.3 Å². The maximum atomic E-state index is 12.0. The molecule has 0 fully saturated rings. The molecule has 10 heteroatoms. The summed E-state index contributed by atoms with van der Waals surface area (Å²) in [5.41, 5.74) is 1.89. The number of anilines is 2. The van der Waals surface area contributed by atoms with Gasteiger partial charge in [0.15, 0.2) is 17.2 Å². The first-order chi connectivity index (χ1) is 14.2. The van der Waals surface area contributed by atoms with Gasteiger partial charge in [0, 0.05) is 10.9 Å². The van der Waals surface area contributed by atoms with Crippen LogP contribution in [-0.2, 0) is 22.4 Å². The van der Waals surface area contributed by atoms with Crippen LogP contribution < -0.4 is 10.1 Å². The SMILES string of the molecule is COC(=O)[C@H]1CCc2c(sc3ncnc(Nc4nc5ccnn5cc4OC)c23)C1. The summed E-state index contributed by atoms with van der Waals surface area (Å²) in [7, 11) is 3.03. The van der Waals surface area contributed by atoms with Crippen molar-refractivity contribution < 1.29 is 14.3 Å². The Labute approximate surface area is 169 Å². The van der Waals surface area contributed by atoms with Gasteiger partial charge in [0.2, 0.25) is 0 Å². The van der Waals surface area contributed by atoms with Crippen molar-refractivity contribution >= 4 is 44.8 Å². The number of aromatic nitrogens is 5. The molecular formula is C19H18N6O3S. The van der Waals surface area contributed by atoms with Gasteiger partial charge < -0.3 is 14.8 Å². The first-order valence-corrected chi connectivity index (χ1v) is 9.98. The fourth-order valence-corrected chi connectivity index (χ4v) is 5.03. The fraction of sp³-hybridized carbons (Fsp3) is 0.316. The Morgan fingerprint density at radius 2 is 2.21 bits per heavy atom. The molecule has 0 unspecified atom stereocenters. The van der Waals surface area contributed by atoms with Gasteiger partial charge in [-0.3, -0.25) is 4.79 Å². The molecule has 1 atom stereocenters. The van der Waals surface area contributed by atoms with E-state index in [1.54, 1.807) is 35.4 Å². The molecule has 0 spiro atoms. The van der Waals surface area contributed by atoms with Gasteiger partial charge in [-0.1, -0.05) is 0 Å². The van der Waals surface area contributed by atoms with Crippen molar-refractivity contribution in [3.8, 4) is 5.75 Å². The zero-order valence-corrected chi connectivity index (χ0v) is 16.7. The van der Waals surface area contributed by atoms with Crippen molar-refractivity contribution in [3.63, 3.8) is 0 Å². The lowest BCUT2D eigenvalue weighted by atomic mass is 9.88. The second-order valence-electron chi connectivity index (χ2n) is 6.79. The number of ether oxygens (including phenoxy) is 2. The molecule has 0 radical (unpaired) electrons. The summed E-state index contributed by atoms with van der Waals surface area (Å²) >= 11 is 1.61. The Hall–Kier alpha value is -3.27. The number of hydrogen-bond donors (Lipinski definition) is 1. The second-order valence-corrected chi connectivity index (χ2v) is 7.87. The third kappa shape index (κ3) is 2.96. The highest BCUT2D eigenvalue weighted by atomic mass is 32.1. The molecule has 148 valence electrons. The van der Waals surface area contributed by atoms with Crippen molar-refractivity contribution in [2.75, 3.05) is 19.5 Å². The largest absolute Gasteiger partial charge is 0.491 e. The van der Waals surface area contributed by atoms with E-state index in [1.807, 2.05) is 6.07 Å². The highest BCUT2D eigenvalue weighted by Crippen LogP contribution is 2.41. The first kappa shape index (κ1) is 17.8. The van der Waals surface area contributed by atoms with Crippen LogP contribution in [0.1, 0.15) is 16.9 Å². The lowest BCUT2D eigenvalue weighted by Crippen LogP contribution is -2.22. The lowest BCUT2D eigenvalue weighted by Gasteiger charge is -2.20. The van der Waals surface area contributed by atoms with Gasteiger partial charge in [0.25, 0.3) is 0 Å². The lowest BCUT2D eigenvalue weighted by molar-refractivity contribution is -0.145. The Bertz CT molecular complexity index is 1230. The topological polar surface area (TPSA) is 104 Å². The molecule has 1 N–H and O–H groups in total. The summed E-state index contributed by atoms with van der Waals surface area (Å²) in [6.45, 7) is 0. The van der Waals surface area contributed by atoms with E-state index in [2.05, 4.69) is 25.4 Å². The Morgan fingerprint density at radius 3 is 3.03 bits per heavy atom. The van der Waals surface area contributed by atoms with Crippen LogP contribution in [0.4, 0.5) is 11.6 Å². The predicted octanol–water partition coefficient (Wildman–Crippen LogP) is 2.76. The minimum absolute atomic E-state index is 0.101. The normalized spacial score (nSPS) is 16.0. The van der Waals surface area contributed by atoms with Crippen molar-refractivity contribution in [2.45, 2.75) is 19.3 Å². The maximum absolute atomic E-state index is 12.0. The van der Waals surface area contributed by atoms with E-state index in [1.165, 1.54) is 19.0 Å². The fourth-order valence-electron chi connectivity index (χ4n) is 3.76. The Balaban J connectivity index is 1.57. The molecule has 4 aromatic heterocycles. The monoisotopic (exact) mass is 410 g/mol. The zero-order valence-electron chi connectivity index (χ0n) is 15.9. The van der Waals surface area contributed by atoms with Crippen molar-refractivity contribution in [3.05, 3.63) is 35.2 Å². The average molecular weight is 410 g/mol. The number of hydrogen-bond acceptors (Lipinski definition) is 9. The summed E-state index contributed by atoms with van der Waals surface area (Å²) in [5.74, 6) is 1.54. The zero-order chi connectivity index (χ0) is 20.0. The number of carbonyl (C=O) groups is 1. The van der Waals surface area contributed by atoms with Gasteiger partial charge in [0.05, 0.1) is 37.9 Å². The molecule has 29 heavy (non-hydrogen) atoms. The van der Waals surface area contributed by atoms with Crippen molar-refractivity contribution in [1.82, 2.24) is 24.6 Å². The average Bonchev–Trinajstić information content (AvgIpc) is 3.35. The van der Waals surface area contributed by atoms with Crippen molar-refractivity contribution in [2.24, 2.45) is 5.92 Å². The predicted molar refractivity (Wildman–Crippen MR) is 108 cm³/mol. The van der Waals surface area contributed by atoms with Gasteiger partial charge in [0.1, 0.15) is 17.0 Å². The molecule has 0 saturated heterocycles. The van der Waals surface area contributed by atoms with Crippen LogP contribution in [0, 0.1) is 5.92 Å². The molecule has 1 aliphatic rings. The molecule has 4 heterocycles. The number of fused-ring (bicyclic) bond motifs is 4. The van der Waals surface area contributed by atoms with Crippen LogP contribution in [-0.4, -0.2) is 44.8 Å². The minimum atomic E-state index is -0.152. The van der Waals surface area contributed by atoms with Gasteiger partial charge in [-0.25, -0.2) is 19.5 Å². The van der Waals surface area contributed by atoms with Gasteiger partial charge >= 0.3 is 5.97 Å². The van der Waals surface area contributed by atoms with E-state index < -0.39 is 0 Å². The van der Waals surface area contributed by atoms with Crippen LogP contribution in [0.2, 0.25) is 0 Å². The quantitative estimate of drug-likeness (QED) is 0.512. The number of rotatable bonds is 4. The third-order valence-corrected chi connectivity index (χ3v) is 6.35. The number of carbonyl (C=O) groups excluding carboxylic acids is 1. The summed E-state index contributed by atoms with van der Waals surface area (Å²) in [6, 6.07) is 1.82. The van der Waals surface area contributed by atoms with E-state index >= 15 is 0 Å². The van der Waals surface area contributed by atoms with E-state index in [0.29, 0.717) is 29.5 Å². The summed E-state index contributed by atoms with van der Waals surface area (Å²) < 4.78 is 12.1. The second kappa shape index (κ2) is 6.96. The number of aryl methyl sites for hydroxylation is 1. The highest BCUT2D eigenvalue weighted by molar-refractivity contribution is 7.19. The molecule has 5 rings (SSSR count). The molecule has 0 aliphatic heterocycles. The molecule has 1 aliphatic carbocycles. The number of methoxy groups -OCH3 is 2. The first-order valence-electron chi connectivity index (χ1n) is 9.16.